The van der Waals surface area contributed by atoms with Gasteiger partial charge >= 0.3 is 0 Å². The maximum atomic E-state index is 12.7. The van der Waals surface area contributed by atoms with Crippen LogP contribution in [-0.4, -0.2) is 18.0 Å². The van der Waals surface area contributed by atoms with Crippen molar-refractivity contribution in [2.45, 2.75) is 77.3 Å². The molecule has 2 aliphatic carbocycles. The van der Waals surface area contributed by atoms with Crippen molar-refractivity contribution in [1.82, 2.24) is 5.32 Å². The lowest BCUT2D eigenvalue weighted by atomic mass is 9.67. The molecule has 2 aliphatic rings. The average molecular weight is 245 g/mol. The summed E-state index contributed by atoms with van der Waals surface area (Å²) in [5.41, 5.74) is 0.460. The van der Waals surface area contributed by atoms with E-state index in [1.165, 1.54) is 12.8 Å². The highest BCUT2D eigenvalue weighted by molar-refractivity contribution is 4.95. The third-order valence-electron chi connectivity index (χ3n) is 5.08. The van der Waals surface area contributed by atoms with Gasteiger partial charge in [0, 0.05) is 24.9 Å². The fourth-order valence-corrected chi connectivity index (χ4v) is 3.13. The van der Waals surface area contributed by atoms with Crippen molar-refractivity contribution in [3.63, 3.8) is 0 Å². The smallest absolute Gasteiger partial charge is 0.251 e. The van der Waals surface area contributed by atoms with Gasteiger partial charge in [0.15, 0.2) is 0 Å². The van der Waals surface area contributed by atoms with Gasteiger partial charge in [-0.2, -0.15) is 0 Å². The molecule has 0 radical (unpaired) electrons. The van der Waals surface area contributed by atoms with Crippen molar-refractivity contribution >= 4 is 0 Å². The second kappa shape index (κ2) is 4.49. The van der Waals surface area contributed by atoms with Gasteiger partial charge in [-0.25, -0.2) is 8.78 Å². The molecule has 0 amide bonds. The normalized spacial score (nSPS) is 38.1. The van der Waals surface area contributed by atoms with E-state index in [-0.39, 0.29) is 18.9 Å². The summed E-state index contributed by atoms with van der Waals surface area (Å²) in [6.07, 6.45) is 4.85. The highest BCUT2D eigenvalue weighted by atomic mass is 19.3. The molecule has 0 unspecified atom stereocenters. The summed E-state index contributed by atoms with van der Waals surface area (Å²) in [4.78, 5) is 0. The van der Waals surface area contributed by atoms with Crippen LogP contribution >= 0.6 is 0 Å². The lowest BCUT2D eigenvalue weighted by Gasteiger charge is -2.44. The summed E-state index contributed by atoms with van der Waals surface area (Å²) in [6, 6.07) is 0.543. The van der Waals surface area contributed by atoms with Crippen LogP contribution in [0.15, 0.2) is 0 Å². The molecule has 3 heteroatoms. The zero-order chi connectivity index (χ0) is 12.7. The Kier molecular flexibility index (Phi) is 3.50. The van der Waals surface area contributed by atoms with Crippen LogP contribution < -0.4 is 5.32 Å². The number of hydrogen-bond donors (Lipinski definition) is 1. The van der Waals surface area contributed by atoms with E-state index < -0.39 is 5.92 Å². The van der Waals surface area contributed by atoms with Gasteiger partial charge in [-0.1, -0.05) is 20.8 Å². The topological polar surface area (TPSA) is 12.0 Å². The SMILES string of the molecule is CC(C)C1(C)CCC(NC2CC(F)(F)C2)CC1. The molecule has 100 valence electrons. The number of nitrogens with one attached hydrogen (secondary N) is 1. The first-order chi connectivity index (χ1) is 7.81. The van der Waals surface area contributed by atoms with E-state index in [9.17, 15) is 8.78 Å². The third-order valence-corrected chi connectivity index (χ3v) is 5.08. The Morgan fingerprint density at radius 1 is 1.06 bits per heavy atom. The van der Waals surface area contributed by atoms with Gasteiger partial charge in [0.25, 0.3) is 5.92 Å². The fourth-order valence-electron chi connectivity index (χ4n) is 3.13. The first kappa shape index (κ1) is 13.3. The molecule has 0 atom stereocenters. The van der Waals surface area contributed by atoms with Crippen molar-refractivity contribution < 1.29 is 8.78 Å². The largest absolute Gasteiger partial charge is 0.311 e. The van der Waals surface area contributed by atoms with Crippen molar-refractivity contribution in [2.24, 2.45) is 11.3 Å². The van der Waals surface area contributed by atoms with Gasteiger partial charge in [0.1, 0.15) is 0 Å². The molecule has 0 aromatic carbocycles. The van der Waals surface area contributed by atoms with E-state index in [0.29, 0.717) is 11.5 Å². The standard InChI is InChI=1S/C14H25F2N/c1-10(2)13(3)6-4-11(5-7-13)17-12-8-14(15,16)9-12/h10-12,17H,4-9H2,1-3H3. The molecule has 0 saturated heterocycles. The summed E-state index contributed by atoms with van der Waals surface area (Å²) in [7, 11) is 0. The Morgan fingerprint density at radius 3 is 2.00 bits per heavy atom. The maximum absolute atomic E-state index is 12.7. The monoisotopic (exact) mass is 245 g/mol. The predicted octanol–water partition coefficient (Wildman–Crippen LogP) is 3.98. The van der Waals surface area contributed by atoms with Crippen LogP contribution in [-0.2, 0) is 0 Å². The molecule has 1 N–H and O–H groups in total. The van der Waals surface area contributed by atoms with Crippen LogP contribution in [0.2, 0.25) is 0 Å². The second-order valence-corrected chi connectivity index (χ2v) is 6.71. The molecular weight excluding hydrogens is 220 g/mol. The number of halogens is 2. The van der Waals surface area contributed by atoms with E-state index in [1.54, 1.807) is 0 Å². The first-order valence-electron chi connectivity index (χ1n) is 6.95. The number of rotatable bonds is 3. The molecule has 1 nitrogen and oxygen atoms in total. The van der Waals surface area contributed by atoms with Crippen molar-refractivity contribution in [2.75, 3.05) is 0 Å². The molecule has 2 saturated carbocycles. The van der Waals surface area contributed by atoms with E-state index in [1.807, 2.05) is 0 Å². The molecule has 0 aromatic heterocycles. The van der Waals surface area contributed by atoms with Gasteiger partial charge in [-0.05, 0) is 37.0 Å². The predicted molar refractivity (Wildman–Crippen MR) is 66.3 cm³/mol. The van der Waals surface area contributed by atoms with Gasteiger partial charge in [-0.3, -0.25) is 0 Å². The van der Waals surface area contributed by atoms with Crippen LogP contribution in [0.25, 0.3) is 0 Å². The molecule has 2 fully saturated rings. The molecule has 0 bridgehead atoms. The van der Waals surface area contributed by atoms with Crippen LogP contribution in [0.5, 0.6) is 0 Å². The molecule has 0 heterocycles. The van der Waals surface area contributed by atoms with Crippen molar-refractivity contribution in [1.29, 1.82) is 0 Å². The van der Waals surface area contributed by atoms with E-state index in [4.69, 9.17) is 0 Å². The molecule has 17 heavy (non-hydrogen) atoms. The third kappa shape index (κ3) is 2.98. The minimum Gasteiger partial charge on any atom is -0.311 e. The maximum Gasteiger partial charge on any atom is 0.251 e. The Labute approximate surface area is 103 Å². The van der Waals surface area contributed by atoms with Crippen LogP contribution in [0.1, 0.15) is 59.3 Å². The fraction of sp³-hybridized carbons (Fsp3) is 1.00. The number of alkyl halides is 2. The second-order valence-electron chi connectivity index (χ2n) is 6.71. The van der Waals surface area contributed by atoms with Gasteiger partial charge in [0.2, 0.25) is 0 Å². The summed E-state index contributed by atoms with van der Waals surface area (Å²) in [5, 5.41) is 3.41. The van der Waals surface area contributed by atoms with Crippen LogP contribution in [0.3, 0.4) is 0 Å². The van der Waals surface area contributed by atoms with Crippen LogP contribution in [0.4, 0.5) is 8.78 Å². The highest BCUT2D eigenvalue weighted by Gasteiger charge is 2.46. The quantitative estimate of drug-likeness (QED) is 0.793. The zero-order valence-corrected chi connectivity index (χ0v) is 11.2. The average Bonchev–Trinajstić information content (AvgIpc) is 2.18. The van der Waals surface area contributed by atoms with Gasteiger partial charge in [0.05, 0.1) is 0 Å². The molecule has 2 rings (SSSR count). The van der Waals surface area contributed by atoms with E-state index in [0.717, 1.165) is 18.8 Å². The minimum atomic E-state index is -2.39. The lowest BCUT2D eigenvalue weighted by molar-refractivity contribution is -0.0962. The van der Waals surface area contributed by atoms with Gasteiger partial charge < -0.3 is 5.32 Å². The summed E-state index contributed by atoms with van der Waals surface area (Å²) in [6.45, 7) is 6.95. The van der Waals surface area contributed by atoms with E-state index >= 15 is 0 Å². The van der Waals surface area contributed by atoms with Crippen molar-refractivity contribution in [3.8, 4) is 0 Å². The lowest BCUT2D eigenvalue weighted by Crippen LogP contribution is -2.53. The zero-order valence-electron chi connectivity index (χ0n) is 11.2. The molecule has 0 aromatic rings. The summed E-state index contributed by atoms with van der Waals surface area (Å²) >= 11 is 0. The van der Waals surface area contributed by atoms with Crippen molar-refractivity contribution in [3.05, 3.63) is 0 Å². The van der Waals surface area contributed by atoms with Gasteiger partial charge in [-0.15, -0.1) is 0 Å². The molecule has 0 aliphatic heterocycles. The summed E-state index contributed by atoms with van der Waals surface area (Å²) < 4.78 is 25.5. The number of hydrogen-bond acceptors (Lipinski definition) is 1. The first-order valence-corrected chi connectivity index (χ1v) is 6.95. The minimum absolute atomic E-state index is 0.0466. The Bertz CT molecular complexity index is 259. The summed E-state index contributed by atoms with van der Waals surface area (Å²) in [5.74, 6) is -1.67. The molecular formula is C14H25F2N. The Hall–Kier alpha value is -0.180. The Balaban J connectivity index is 1.73. The van der Waals surface area contributed by atoms with Crippen LogP contribution in [0, 0.1) is 11.3 Å². The highest BCUT2D eigenvalue weighted by Crippen LogP contribution is 2.43. The molecule has 0 spiro atoms. The van der Waals surface area contributed by atoms with E-state index in [2.05, 4.69) is 26.1 Å². The Morgan fingerprint density at radius 2 is 1.59 bits per heavy atom.